The van der Waals surface area contributed by atoms with Gasteiger partial charge >= 0.3 is 5.97 Å². The summed E-state index contributed by atoms with van der Waals surface area (Å²) in [5.41, 5.74) is 1.17. The molecule has 1 atom stereocenters. The second-order valence-electron chi connectivity index (χ2n) is 5.34. The fraction of sp³-hybridized carbons (Fsp3) is 0.235. The molecule has 1 aliphatic rings. The number of rotatable bonds is 6. The number of benzene rings is 2. The van der Waals surface area contributed by atoms with Crippen LogP contribution in [0.15, 0.2) is 30.3 Å². The monoisotopic (exact) mass is 360 g/mol. The Morgan fingerprint density at radius 2 is 1.81 bits per heavy atom. The number of non-ortho nitro benzene ring substituents is 1. The van der Waals surface area contributed by atoms with E-state index in [9.17, 15) is 14.9 Å². The number of hydrogen-bond donors (Lipinski definition) is 1. The van der Waals surface area contributed by atoms with Gasteiger partial charge in [-0.1, -0.05) is 0 Å². The first kappa shape index (κ1) is 17.3. The van der Waals surface area contributed by atoms with E-state index in [1.165, 1.54) is 39.5 Å². The van der Waals surface area contributed by atoms with Crippen molar-refractivity contribution in [3.05, 3.63) is 51.6 Å². The summed E-state index contributed by atoms with van der Waals surface area (Å²) in [6.45, 7) is 0. The van der Waals surface area contributed by atoms with Gasteiger partial charge in [0.2, 0.25) is 6.23 Å². The lowest BCUT2D eigenvalue weighted by atomic mass is 10.1. The van der Waals surface area contributed by atoms with Crippen molar-refractivity contribution in [2.45, 2.75) is 6.23 Å². The first-order valence-corrected chi connectivity index (χ1v) is 7.55. The summed E-state index contributed by atoms with van der Waals surface area (Å²) < 4.78 is 21.1. The zero-order chi connectivity index (χ0) is 18.8. The number of nitrogens with zero attached hydrogens (tertiary/aromatic N) is 1. The highest BCUT2D eigenvalue weighted by Crippen LogP contribution is 2.43. The molecule has 0 fully saturated rings. The standard InChI is InChI=1S/C17H16N2O7/c1-23-12-7-5-10-14(15(12)25-3)17(20)26-16(10)18-11-6-4-9(19(21)22)8-13(11)24-2/h4-8,16,18H,1-3H3/t16-/m0/s1. The van der Waals surface area contributed by atoms with Crippen LogP contribution in [0.2, 0.25) is 0 Å². The van der Waals surface area contributed by atoms with Crippen molar-refractivity contribution in [3.8, 4) is 17.2 Å². The highest BCUT2D eigenvalue weighted by Gasteiger charge is 2.36. The Kier molecular flexibility index (Phi) is 4.53. The van der Waals surface area contributed by atoms with Gasteiger partial charge < -0.3 is 24.3 Å². The number of nitrogens with one attached hydrogen (secondary N) is 1. The number of cyclic esters (lactones) is 1. The van der Waals surface area contributed by atoms with Gasteiger partial charge in [0.1, 0.15) is 11.3 Å². The summed E-state index contributed by atoms with van der Waals surface area (Å²) in [6, 6.07) is 7.47. The zero-order valence-corrected chi connectivity index (χ0v) is 14.3. The van der Waals surface area contributed by atoms with Gasteiger partial charge in [0, 0.05) is 11.6 Å². The van der Waals surface area contributed by atoms with Crippen molar-refractivity contribution >= 4 is 17.3 Å². The van der Waals surface area contributed by atoms with Gasteiger partial charge in [-0.15, -0.1) is 0 Å². The van der Waals surface area contributed by atoms with E-state index in [0.29, 0.717) is 17.0 Å². The number of fused-ring (bicyclic) bond motifs is 1. The molecule has 1 heterocycles. The molecule has 0 aromatic heterocycles. The van der Waals surface area contributed by atoms with E-state index < -0.39 is 17.1 Å². The van der Waals surface area contributed by atoms with E-state index in [-0.39, 0.29) is 22.7 Å². The smallest absolute Gasteiger partial charge is 0.344 e. The lowest BCUT2D eigenvalue weighted by Gasteiger charge is -2.17. The van der Waals surface area contributed by atoms with E-state index in [4.69, 9.17) is 18.9 Å². The van der Waals surface area contributed by atoms with Crippen molar-refractivity contribution in [2.75, 3.05) is 26.6 Å². The summed E-state index contributed by atoms with van der Waals surface area (Å²) in [5, 5.41) is 13.9. The maximum Gasteiger partial charge on any atom is 0.344 e. The predicted octanol–water partition coefficient (Wildman–Crippen LogP) is 2.90. The fourth-order valence-corrected chi connectivity index (χ4v) is 2.76. The van der Waals surface area contributed by atoms with E-state index in [1.54, 1.807) is 12.1 Å². The number of hydrogen-bond acceptors (Lipinski definition) is 8. The van der Waals surface area contributed by atoms with Gasteiger partial charge in [-0.3, -0.25) is 10.1 Å². The molecular formula is C17H16N2O7. The van der Waals surface area contributed by atoms with Crippen LogP contribution in [0.25, 0.3) is 0 Å². The molecule has 1 N–H and O–H groups in total. The van der Waals surface area contributed by atoms with Crippen LogP contribution in [0, 0.1) is 10.1 Å². The average Bonchev–Trinajstić information content (AvgIpc) is 2.96. The summed E-state index contributed by atoms with van der Waals surface area (Å²) in [5.74, 6) is 0.394. The van der Waals surface area contributed by atoms with Gasteiger partial charge in [0.05, 0.1) is 38.0 Å². The van der Waals surface area contributed by atoms with Crippen molar-refractivity contribution in [1.29, 1.82) is 0 Å². The van der Waals surface area contributed by atoms with Crippen LogP contribution >= 0.6 is 0 Å². The number of carbonyl (C=O) groups excluding carboxylic acids is 1. The molecule has 0 unspecified atom stereocenters. The lowest BCUT2D eigenvalue weighted by molar-refractivity contribution is -0.384. The zero-order valence-electron chi connectivity index (χ0n) is 14.3. The summed E-state index contributed by atoms with van der Waals surface area (Å²) in [7, 11) is 4.31. The van der Waals surface area contributed by atoms with Gasteiger partial charge in [0.25, 0.3) is 5.69 Å². The molecule has 0 bridgehead atoms. The van der Waals surface area contributed by atoms with Crippen molar-refractivity contribution < 1.29 is 28.7 Å². The van der Waals surface area contributed by atoms with Crippen LogP contribution in [-0.2, 0) is 4.74 Å². The van der Waals surface area contributed by atoms with Gasteiger partial charge in [-0.05, 0) is 18.2 Å². The second-order valence-corrected chi connectivity index (χ2v) is 5.34. The Balaban J connectivity index is 1.97. The number of nitro benzene ring substituents is 1. The van der Waals surface area contributed by atoms with Crippen molar-refractivity contribution in [3.63, 3.8) is 0 Å². The Hall–Kier alpha value is -3.49. The summed E-state index contributed by atoms with van der Waals surface area (Å²) >= 11 is 0. The molecule has 0 saturated carbocycles. The Morgan fingerprint density at radius 1 is 1.08 bits per heavy atom. The SMILES string of the molecule is COc1cc([N+](=O)[O-])ccc1N[C@H]1OC(=O)c2c1ccc(OC)c2OC. The van der Waals surface area contributed by atoms with E-state index >= 15 is 0 Å². The second kappa shape index (κ2) is 6.79. The Bertz CT molecular complexity index is 882. The summed E-state index contributed by atoms with van der Waals surface area (Å²) in [6.07, 6.45) is -0.798. The number of carbonyl (C=O) groups is 1. The number of nitro groups is 1. The number of anilines is 1. The third-order valence-electron chi connectivity index (χ3n) is 3.97. The van der Waals surface area contributed by atoms with E-state index in [2.05, 4.69) is 5.32 Å². The molecule has 0 aliphatic carbocycles. The molecule has 136 valence electrons. The molecule has 26 heavy (non-hydrogen) atoms. The average molecular weight is 360 g/mol. The third-order valence-corrected chi connectivity index (χ3v) is 3.97. The highest BCUT2D eigenvalue weighted by atomic mass is 16.6. The molecule has 9 nitrogen and oxygen atoms in total. The molecule has 0 radical (unpaired) electrons. The minimum absolute atomic E-state index is 0.109. The van der Waals surface area contributed by atoms with Crippen molar-refractivity contribution in [1.82, 2.24) is 0 Å². The van der Waals surface area contributed by atoms with Crippen LogP contribution < -0.4 is 19.5 Å². The molecular weight excluding hydrogens is 344 g/mol. The van der Waals surface area contributed by atoms with Crippen LogP contribution in [0.3, 0.4) is 0 Å². The maximum absolute atomic E-state index is 12.3. The number of esters is 1. The summed E-state index contributed by atoms with van der Waals surface area (Å²) in [4.78, 5) is 22.7. The molecule has 1 aliphatic heterocycles. The molecule has 0 spiro atoms. The minimum atomic E-state index is -0.798. The van der Waals surface area contributed by atoms with Gasteiger partial charge in [0.15, 0.2) is 11.5 Å². The first-order chi connectivity index (χ1) is 12.5. The van der Waals surface area contributed by atoms with E-state index in [1.807, 2.05) is 0 Å². The number of ether oxygens (including phenoxy) is 4. The fourth-order valence-electron chi connectivity index (χ4n) is 2.76. The molecule has 2 aromatic rings. The van der Waals surface area contributed by atoms with Gasteiger partial charge in [-0.25, -0.2) is 4.79 Å². The first-order valence-electron chi connectivity index (χ1n) is 7.55. The van der Waals surface area contributed by atoms with Crippen molar-refractivity contribution in [2.24, 2.45) is 0 Å². The van der Waals surface area contributed by atoms with Crippen LogP contribution in [0.1, 0.15) is 22.1 Å². The normalized spacial score (nSPS) is 15.0. The molecule has 0 amide bonds. The molecule has 9 heteroatoms. The Labute approximate surface area is 148 Å². The van der Waals surface area contributed by atoms with Crippen LogP contribution in [0.5, 0.6) is 17.2 Å². The number of methoxy groups -OCH3 is 3. The maximum atomic E-state index is 12.3. The topological polar surface area (TPSA) is 109 Å². The Morgan fingerprint density at radius 3 is 2.42 bits per heavy atom. The third kappa shape index (κ3) is 2.83. The quantitative estimate of drug-likeness (QED) is 0.476. The largest absolute Gasteiger partial charge is 0.494 e. The van der Waals surface area contributed by atoms with Crippen LogP contribution in [0.4, 0.5) is 11.4 Å². The van der Waals surface area contributed by atoms with Crippen LogP contribution in [-0.4, -0.2) is 32.2 Å². The lowest BCUT2D eigenvalue weighted by Crippen LogP contribution is -2.11. The minimum Gasteiger partial charge on any atom is -0.494 e. The molecule has 3 rings (SSSR count). The highest BCUT2D eigenvalue weighted by molar-refractivity contribution is 5.98. The van der Waals surface area contributed by atoms with E-state index in [0.717, 1.165) is 0 Å². The van der Waals surface area contributed by atoms with Gasteiger partial charge in [-0.2, -0.15) is 0 Å². The molecule has 2 aromatic carbocycles. The predicted molar refractivity (Wildman–Crippen MR) is 91.0 cm³/mol. The molecule has 0 saturated heterocycles.